The maximum Gasteiger partial charge on any atom is 0.251 e. The van der Waals surface area contributed by atoms with E-state index in [0.717, 1.165) is 27.8 Å². The number of carbonyl (C=O) groups excluding carboxylic acids is 1. The van der Waals surface area contributed by atoms with E-state index in [4.69, 9.17) is 12.2 Å². The largest absolute Gasteiger partial charge is 0.365 e. The number of aromatic nitrogens is 3. The first kappa shape index (κ1) is 18.8. The van der Waals surface area contributed by atoms with Gasteiger partial charge in [-0.15, -0.1) is 0 Å². The van der Waals surface area contributed by atoms with Crippen molar-refractivity contribution < 1.29 is 9.78 Å². The van der Waals surface area contributed by atoms with Crippen LogP contribution in [-0.2, 0) is 13.1 Å². The van der Waals surface area contributed by atoms with E-state index in [0.29, 0.717) is 23.4 Å². The predicted molar refractivity (Wildman–Crippen MR) is 115 cm³/mol. The molecule has 0 fully saturated rings. The van der Waals surface area contributed by atoms with Gasteiger partial charge in [-0.05, 0) is 48.1 Å². The third-order valence-electron chi connectivity index (χ3n) is 4.54. The van der Waals surface area contributed by atoms with Crippen molar-refractivity contribution in [3.63, 3.8) is 0 Å². The Balaban J connectivity index is 1.40. The third kappa shape index (κ3) is 4.64. The molecule has 29 heavy (non-hydrogen) atoms. The average Bonchev–Trinajstić information content (AvgIpc) is 2.77. The number of para-hydroxylation sites is 1. The van der Waals surface area contributed by atoms with E-state index < -0.39 is 0 Å². The smallest absolute Gasteiger partial charge is 0.251 e. The van der Waals surface area contributed by atoms with Gasteiger partial charge in [0.15, 0.2) is 17.2 Å². The lowest BCUT2D eigenvalue weighted by Gasteiger charge is -2.10. The van der Waals surface area contributed by atoms with Crippen molar-refractivity contribution in [3.8, 4) is 0 Å². The highest BCUT2D eigenvalue weighted by Crippen LogP contribution is 2.19. The summed E-state index contributed by atoms with van der Waals surface area (Å²) < 4.78 is 0.439. The van der Waals surface area contributed by atoms with Gasteiger partial charge >= 0.3 is 0 Å². The standard InChI is InChI=1S/C22H19N5OS/c28-21(25-14-16-4-3-11-23-12-16)17-9-7-15(8-10-17)13-24-20-18-5-1-2-6-19(18)26-22(29)27-20/h1-12H,13-14H2,(H,25,28)(H2,24,26,27,29)/p+1. The summed E-state index contributed by atoms with van der Waals surface area (Å²) in [6.45, 7) is 1.06. The maximum absolute atomic E-state index is 12.3. The first-order valence-corrected chi connectivity index (χ1v) is 9.65. The van der Waals surface area contributed by atoms with E-state index in [2.05, 4.69) is 25.6 Å². The van der Waals surface area contributed by atoms with Gasteiger partial charge in [-0.3, -0.25) is 4.79 Å². The Labute approximate surface area is 173 Å². The van der Waals surface area contributed by atoms with Crippen molar-refractivity contribution in [1.29, 1.82) is 0 Å². The highest BCUT2D eigenvalue weighted by atomic mass is 32.1. The Hall–Kier alpha value is -3.58. The van der Waals surface area contributed by atoms with Crippen molar-refractivity contribution in [2.24, 2.45) is 0 Å². The number of anilines is 1. The van der Waals surface area contributed by atoms with E-state index >= 15 is 0 Å². The number of carbonyl (C=O) groups is 1. The van der Waals surface area contributed by atoms with Crippen molar-refractivity contribution in [1.82, 2.24) is 15.3 Å². The number of rotatable bonds is 6. The van der Waals surface area contributed by atoms with E-state index in [1.807, 2.05) is 73.1 Å². The summed E-state index contributed by atoms with van der Waals surface area (Å²) in [5.74, 6) is 0.640. The molecule has 2 heterocycles. The van der Waals surface area contributed by atoms with Crippen molar-refractivity contribution in [2.75, 3.05) is 5.32 Å². The zero-order valence-corrected chi connectivity index (χ0v) is 16.4. The van der Waals surface area contributed by atoms with Crippen LogP contribution in [0, 0.1) is 4.77 Å². The summed E-state index contributed by atoms with van der Waals surface area (Å²) in [7, 11) is 0. The lowest BCUT2D eigenvalue weighted by molar-refractivity contribution is -0.378. The summed E-state index contributed by atoms with van der Waals surface area (Å²) in [4.78, 5) is 22.8. The molecule has 0 spiro atoms. The molecule has 0 bridgehead atoms. The van der Waals surface area contributed by atoms with Crippen LogP contribution in [0.2, 0.25) is 0 Å². The summed E-state index contributed by atoms with van der Waals surface area (Å²) >= 11 is 5.21. The second-order valence-corrected chi connectivity index (χ2v) is 6.97. The number of benzene rings is 2. The number of nitrogens with one attached hydrogen (secondary N) is 4. The maximum atomic E-state index is 12.3. The van der Waals surface area contributed by atoms with Gasteiger partial charge < -0.3 is 15.6 Å². The number of hydrogen-bond donors (Lipinski definition) is 3. The second kappa shape index (κ2) is 8.62. The van der Waals surface area contributed by atoms with Crippen LogP contribution < -0.4 is 15.6 Å². The van der Waals surface area contributed by atoms with Gasteiger partial charge in [0, 0.05) is 35.7 Å². The average molecular weight is 403 g/mol. The van der Waals surface area contributed by atoms with Crippen molar-refractivity contribution >= 4 is 34.8 Å². The van der Waals surface area contributed by atoms with Gasteiger partial charge in [0.2, 0.25) is 0 Å². The van der Waals surface area contributed by atoms with Gasteiger partial charge in [-0.1, -0.05) is 24.3 Å². The quantitative estimate of drug-likeness (QED) is 0.430. The minimum absolute atomic E-state index is 0.102. The summed E-state index contributed by atoms with van der Waals surface area (Å²) in [6, 6.07) is 19.3. The highest BCUT2D eigenvalue weighted by molar-refractivity contribution is 7.71. The van der Waals surface area contributed by atoms with Crippen LogP contribution in [-0.4, -0.2) is 15.9 Å². The SMILES string of the molecule is O=C(NCc1ccc[nH+]c1)c1ccc(CNc2nc(=S)[nH]c3ccccc23)cc1. The molecule has 144 valence electrons. The van der Waals surface area contributed by atoms with E-state index in [1.165, 1.54) is 0 Å². The first-order valence-electron chi connectivity index (χ1n) is 9.24. The topological polar surface area (TPSA) is 83.9 Å². The van der Waals surface area contributed by atoms with Crippen LogP contribution >= 0.6 is 12.2 Å². The van der Waals surface area contributed by atoms with Crippen LogP contribution in [0.5, 0.6) is 0 Å². The predicted octanol–water partition coefficient (Wildman–Crippen LogP) is 3.65. The number of aromatic amines is 2. The van der Waals surface area contributed by atoms with Crippen LogP contribution in [0.25, 0.3) is 10.9 Å². The van der Waals surface area contributed by atoms with Crippen molar-refractivity contribution in [3.05, 3.63) is 94.5 Å². The molecule has 2 aromatic carbocycles. The molecular weight excluding hydrogens is 382 g/mol. The molecule has 0 aliphatic heterocycles. The van der Waals surface area contributed by atoms with Crippen LogP contribution in [0.3, 0.4) is 0 Å². The molecule has 4 rings (SSSR count). The van der Waals surface area contributed by atoms with Crippen LogP contribution in [0.1, 0.15) is 21.5 Å². The molecule has 0 saturated heterocycles. The molecule has 0 saturated carbocycles. The number of hydrogen-bond acceptors (Lipinski definition) is 4. The molecular formula is C22H20N5OS+. The van der Waals surface area contributed by atoms with E-state index in [-0.39, 0.29) is 5.91 Å². The molecule has 0 unspecified atom stereocenters. The van der Waals surface area contributed by atoms with Gasteiger partial charge in [0.25, 0.3) is 5.91 Å². The lowest BCUT2D eigenvalue weighted by atomic mass is 10.1. The second-order valence-electron chi connectivity index (χ2n) is 6.58. The Bertz CT molecular complexity index is 1190. The zero-order valence-electron chi connectivity index (χ0n) is 15.6. The molecule has 4 aromatic rings. The summed E-state index contributed by atoms with van der Waals surface area (Å²) in [5.41, 5.74) is 3.63. The molecule has 0 radical (unpaired) electrons. The Morgan fingerprint density at radius 3 is 2.62 bits per heavy atom. The number of H-pyrrole nitrogens is 2. The van der Waals surface area contributed by atoms with Crippen molar-refractivity contribution in [2.45, 2.75) is 13.1 Å². The Kier molecular flexibility index (Phi) is 5.58. The number of pyridine rings is 1. The van der Waals surface area contributed by atoms with Crippen LogP contribution in [0.15, 0.2) is 73.1 Å². The molecule has 0 aliphatic carbocycles. The molecule has 0 atom stereocenters. The summed E-state index contributed by atoms with van der Waals surface area (Å²) in [5, 5.41) is 7.24. The fourth-order valence-corrected chi connectivity index (χ4v) is 3.22. The highest BCUT2D eigenvalue weighted by Gasteiger charge is 2.07. The number of amides is 1. The Morgan fingerprint density at radius 2 is 1.83 bits per heavy atom. The monoisotopic (exact) mass is 402 g/mol. The molecule has 6 nitrogen and oxygen atoms in total. The molecule has 1 amide bonds. The van der Waals surface area contributed by atoms with Gasteiger partial charge in [-0.25, -0.2) is 9.97 Å². The van der Waals surface area contributed by atoms with E-state index in [9.17, 15) is 4.79 Å². The molecule has 7 heteroatoms. The van der Waals surface area contributed by atoms with Crippen LogP contribution in [0.4, 0.5) is 5.82 Å². The molecule has 0 aliphatic rings. The Morgan fingerprint density at radius 1 is 1.00 bits per heavy atom. The van der Waals surface area contributed by atoms with E-state index in [1.54, 1.807) is 0 Å². The third-order valence-corrected chi connectivity index (χ3v) is 4.73. The minimum atomic E-state index is -0.102. The molecule has 4 N–H and O–H groups in total. The van der Waals surface area contributed by atoms with Gasteiger partial charge in [0.1, 0.15) is 5.82 Å². The fourth-order valence-electron chi connectivity index (χ4n) is 3.02. The number of fused-ring (bicyclic) bond motifs is 1. The minimum Gasteiger partial charge on any atom is -0.365 e. The van der Waals surface area contributed by atoms with Gasteiger partial charge in [-0.2, -0.15) is 0 Å². The summed E-state index contributed by atoms with van der Waals surface area (Å²) in [6.07, 6.45) is 3.70. The first-order chi connectivity index (χ1) is 14.2. The fraction of sp³-hybridized carbons (Fsp3) is 0.0909. The lowest BCUT2D eigenvalue weighted by Crippen LogP contribution is -2.23. The van der Waals surface area contributed by atoms with Gasteiger partial charge in [0.05, 0.1) is 5.52 Å². The normalized spacial score (nSPS) is 10.6. The zero-order chi connectivity index (χ0) is 20.1. The number of nitrogens with zero attached hydrogens (tertiary/aromatic N) is 1. The molecule has 2 aromatic heterocycles.